The smallest absolute Gasteiger partial charge is 0.488 e. The number of allylic oxidation sites excluding steroid dienone is 2. The fraction of sp³-hybridized carbons (Fsp3) is 0.300. The monoisotopic (exact) mass is 340 g/mol. The Bertz CT molecular complexity index is 736. The van der Waals surface area contributed by atoms with E-state index < -0.39 is 7.12 Å². The lowest BCUT2D eigenvalue weighted by molar-refractivity contribution is 0.412. The summed E-state index contributed by atoms with van der Waals surface area (Å²) in [6.45, 7) is 4.22. The molecule has 0 bridgehead atoms. The first kappa shape index (κ1) is 19.1. The fourth-order valence-electron chi connectivity index (χ4n) is 3.04. The average molecular weight is 340 g/mol. The Labute approximate surface area is 149 Å². The van der Waals surface area contributed by atoms with Gasteiger partial charge in [-0.15, -0.1) is 0 Å². The summed E-state index contributed by atoms with van der Waals surface area (Å²) < 4.78 is 10.6. The maximum atomic E-state index is 9.56. The molecule has 0 fully saturated rings. The Balaban J connectivity index is 2.60. The summed E-state index contributed by atoms with van der Waals surface area (Å²) in [4.78, 5) is 0. The molecule has 2 rings (SSSR count). The van der Waals surface area contributed by atoms with E-state index in [1.165, 1.54) is 5.57 Å². The molecule has 2 aromatic rings. The number of methoxy groups -OCH3 is 2. The summed E-state index contributed by atoms with van der Waals surface area (Å²) in [5, 5.41) is 19.1. The van der Waals surface area contributed by atoms with Crippen LogP contribution >= 0.6 is 0 Å². The van der Waals surface area contributed by atoms with Gasteiger partial charge in [0.2, 0.25) is 0 Å². The molecule has 0 spiro atoms. The van der Waals surface area contributed by atoms with E-state index in [4.69, 9.17) is 9.47 Å². The fourth-order valence-corrected chi connectivity index (χ4v) is 3.04. The third kappa shape index (κ3) is 4.44. The molecular weight excluding hydrogens is 315 g/mol. The van der Waals surface area contributed by atoms with Crippen molar-refractivity contribution < 1.29 is 19.5 Å². The maximum absolute atomic E-state index is 9.56. The lowest BCUT2D eigenvalue weighted by Gasteiger charge is -2.16. The van der Waals surface area contributed by atoms with Crippen LogP contribution < -0.4 is 14.9 Å². The molecule has 0 unspecified atom stereocenters. The number of ether oxygens (including phenoxy) is 2. The second kappa shape index (κ2) is 8.74. The molecule has 0 saturated heterocycles. The molecule has 2 N–H and O–H groups in total. The predicted octanol–water partition coefficient (Wildman–Crippen LogP) is 3.11. The molecular formula is C20H25BO4. The Morgan fingerprint density at radius 2 is 1.36 bits per heavy atom. The van der Waals surface area contributed by atoms with Crippen molar-refractivity contribution in [3.8, 4) is 11.5 Å². The van der Waals surface area contributed by atoms with Gasteiger partial charge in [0.15, 0.2) is 0 Å². The van der Waals surface area contributed by atoms with Crippen molar-refractivity contribution in [3.05, 3.63) is 53.6 Å². The van der Waals surface area contributed by atoms with Crippen LogP contribution in [0.5, 0.6) is 11.5 Å². The van der Waals surface area contributed by atoms with Gasteiger partial charge in [0, 0.05) is 0 Å². The Kier molecular flexibility index (Phi) is 6.68. The Hall–Kier alpha value is -2.24. The summed E-state index contributed by atoms with van der Waals surface area (Å²) >= 11 is 0. The third-order valence-corrected chi connectivity index (χ3v) is 4.32. The highest BCUT2D eigenvalue weighted by Crippen LogP contribution is 2.33. The van der Waals surface area contributed by atoms with Gasteiger partial charge in [-0.05, 0) is 64.8 Å². The van der Waals surface area contributed by atoms with E-state index in [1.54, 1.807) is 20.3 Å². The van der Waals surface area contributed by atoms with Gasteiger partial charge in [-0.25, -0.2) is 0 Å². The zero-order chi connectivity index (χ0) is 18.4. The number of hydrogen-bond acceptors (Lipinski definition) is 4. The number of benzene rings is 2. The molecule has 0 aliphatic rings. The van der Waals surface area contributed by atoms with Gasteiger partial charge < -0.3 is 19.5 Å². The molecule has 0 heterocycles. The van der Waals surface area contributed by atoms with E-state index in [1.807, 2.05) is 24.3 Å². The molecule has 5 heteroatoms. The van der Waals surface area contributed by atoms with Crippen LogP contribution in [0.25, 0.3) is 11.1 Å². The van der Waals surface area contributed by atoms with E-state index in [9.17, 15) is 10.0 Å². The van der Waals surface area contributed by atoms with Crippen molar-refractivity contribution in [1.29, 1.82) is 0 Å². The Morgan fingerprint density at radius 1 is 0.800 bits per heavy atom. The molecule has 132 valence electrons. The lowest BCUT2D eigenvalue weighted by Crippen LogP contribution is -2.30. The van der Waals surface area contributed by atoms with Crippen LogP contribution in [-0.2, 0) is 0 Å². The van der Waals surface area contributed by atoms with Gasteiger partial charge in [0.1, 0.15) is 11.5 Å². The van der Waals surface area contributed by atoms with E-state index in [0.717, 1.165) is 35.3 Å². The molecule has 4 nitrogen and oxygen atoms in total. The maximum Gasteiger partial charge on any atom is 0.488 e. The van der Waals surface area contributed by atoms with Crippen molar-refractivity contribution in [1.82, 2.24) is 0 Å². The summed E-state index contributed by atoms with van der Waals surface area (Å²) in [6, 6.07) is 13.4. The molecule has 0 saturated carbocycles. The van der Waals surface area contributed by atoms with Gasteiger partial charge in [-0.1, -0.05) is 32.0 Å². The molecule has 0 aliphatic heterocycles. The highest BCUT2D eigenvalue weighted by molar-refractivity contribution is 6.58. The van der Waals surface area contributed by atoms with Crippen molar-refractivity contribution in [2.75, 3.05) is 14.2 Å². The van der Waals surface area contributed by atoms with E-state index in [2.05, 4.69) is 26.0 Å². The average Bonchev–Trinajstić information content (AvgIpc) is 2.65. The van der Waals surface area contributed by atoms with Crippen LogP contribution in [0.15, 0.2) is 42.5 Å². The first-order chi connectivity index (χ1) is 12.0. The van der Waals surface area contributed by atoms with Crippen LogP contribution in [-0.4, -0.2) is 31.4 Å². The molecule has 0 atom stereocenters. The van der Waals surface area contributed by atoms with Crippen molar-refractivity contribution in [2.45, 2.75) is 26.7 Å². The van der Waals surface area contributed by atoms with Crippen molar-refractivity contribution in [2.24, 2.45) is 0 Å². The molecule has 0 aromatic heterocycles. The van der Waals surface area contributed by atoms with Gasteiger partial charge >= 0.3 is 7.12 Å². The number of rotatable bonds is 7. The molecule has 2 aromatic carbocycles. The van der Waals surface area contributed by atoms with Gasteiger partial charge in [-0.2, -0.15) is 0 Å². The standard InChI is InChI=1S/C20H25BO4/c1-5-19(14-7-9-17(24-3)10-8-14)20(6-2)15-11-16(21(22)23)13-18(12-15)25-4/h7-13,22-23H,5-6H2,1-4H3/b20-19+. The molecule has 0 amide bonds. The molecule has 0 radical (unpaired) electrons. The first-order valence-electron chi connectivity index (χ1n) is 8.45. The second-order valence-corrected chi connectivity index (χ2v) is 5.76. The van der Waals surface area contributed by atoms with Crippen LogP contribution in [0.4, 0.5) is 0 Å². The Morgan fingerprint density at radius 3 is 1.84 bits per heavy atom. The quantitative estimate of drug-likeness (QED) is 0.601. The normalized spacial score (nSPS) is 11.8. The zero-order valence-electron chi connectivity index (χ0n) is 15.2. The molecule has 0 aliphatic carbocycles. The first-order valence-corrected chi connectivity index (χ1v) is 8.45. The molecule has 25 heavy (non-hydrogen) atoms. The van der Waals surface area contributed by atoms with Gasteiger partial charge in [0.25, 0.3) is 0 Å². The highest BCUT2D eigenvalue weighted by Gasteiger charge is 2.16. The minimum atomic E-state index is -1.53. The van der Waals surface area contributed by atoms with Crippen LogP contribution in [0.1, 0.15) is 37.8 Å². The topological polar surface area (TPSA) is 58.9 Å². The van der Waals surface area contributed by atoms with Gasteiger partial charge in [-0.3, -0.25) is 0 Å². The van der Waals surface area contributed by atoms with Crippen molar-refractivity contribution in [3.63, 3.8) is 0 Å². The predicted molar refractivity (Wildman–Crippen MR) is 103 cm³/mol. The summed E-state index contributed by atoms with van der Waals surface area (Å²) in [5.74, 6) is 1.43. The van der Waals surface area contributed by atoms with E-state index in [0.29, 0.717) is 11.2 Å². The zero-order valence-corrected chi connectivity index (χ0v) is 15.2. The van der Waals surface area contributed by atoms with E-state index in [-0.39, 0.29) is 0 Å². The SMILES string of the molecule is CC/C(=C(/CC)c1cc(OC)cc(B(O)O)c1)c1ccc(OC)cc1. The van der Waals surface area contributed by atoms with E-state index >= 15 is 0 Å². The van der Waals surface area contributed by atoms with Crippen molar-refractivity contribution >= 4 is 23.7 Å². The summed E-state index contributed by atoms with van der Waals surface area (Å²) in [6.07, 6.45) is 1.69. The van der Waals surface area contributed by atoms with Crippen LogP contribution in [0.2, 0.25) is 0 Å². The second-order valence-electron chi connectivity index (χ2n) is 5.76. The summed E-state index contributed by atoms with van der Waals surface area (Å²) in [5.41, 5.74) is 4.88. The minimum absolute atomic E-state index is 0.422. The third-order valence-electron chi connectivity index (χ3n) is 4.32. The number of hydrogen-bond donors (Lipinski definition) is 2. The van der Waals surface area contributed by atoms with Gasteiger partial charge in [0.05, 0.1) is 14.2 Å². The largest absolute Gasteiger partial charge is 0.497 e. The lowest BCUT2D eigenvalue weighted by atomic mass is 9.78. The highest BCUT2D eigenvalue weighted by atomic mass is 16.5. The van der Waals surface area contributed by atoms with Crippen LogP contribution in [0, 0.1) is 0 Å². The minimum Gasteiger partial charge on any atom is -0.497 e. The van der Waals surface area contributed by atoms with Crippen LogP contribution in [0.3, 0.4) is 0 Å². The summed E-state index contributed by atoms with van der Waals surface area (Å²) in [7, 11) is 1.70.